The number of hydroxylamine groups is 2. The summed E-state index contributed by atoms with van der Waals surface area (Å²) >= 11 is 0. The van der Waals surface area contributed by atoms with Crippen LogP contribution in [0.5, 0.6) is 5.75 Å². The van der Waals surface area contributed by atoms with Gasteiger partial charge in [0.05, 0.1) is 42.4 Å². The molecule has 3 rings (SSSR count). The number of nitrogens with one attached hydrogen (secondary N) is 2. The first-order valence-corrected chi connectivity index (χ1v) is 21.4. The van der Waals surface area contributed by atoms with Crippen molar-refractivity contribution >= 4 is 43.1 Å². The van der Waals surface area contributed by atoms with Crippen LogP contribution in [-0.4, -0.2) is 68.1 Å². The summed E-state index contributed by atoms with van der Waals surface area (Å²) in [6.45, 7) is 10.9. The van der Waals surface area contributed by atoms with Gasteiger partial charge in [-0.1, -0.05) is 91.1 Å². The highest BCUT2D eigenvalue weighted by Crippen LogP contribution is 2.48. The maximum Gasteiger partial charge on any atom is 0.367 e. The number of hydrogen-bond acceptors (Lipinski definition) is 13. The molecule has 3 aromatic rings. The third-order valence-electron chi connectivity index (χ3n) is 8.93. The Morgan fingerprint density at radius 3 is 2.08 bits per heavy atom. The van der Waals surface area contributed by atoms with Crippen LogP contribution < -0.4 is 20.7 Å². The number of nitrogens with zero attached hydrogens (tertiary/aromatic N) is 1. The normalized spacial score (nSPS) is 12.4. The summed E-state index contributed by atoms with van der Waals surface area (Å²) in [7, 11) is -4.36. The fourth-order valence-corrected chi connectivity index (χ4v) is 7.03. The zero-order chi connectivity index (χ0) is 43.4. The Morgan fingerprint density at radius 2 is 1.51 bits per heavy atom. The van der Waals surface area contributed by atoms with Crippen molar-refractivity contribution in [2.45, 2.75) is 93.2 Å². The van der Waals surface area contributed by atoms with Crippen LogP contribution in [0.1, 0.15) is 96.7 Å². The van der Waals surface area contributed by atoms with Gasteiger partial charge in [0.2, 0.25) is 25.9 Å². The molecule has 0 fully saturated rings. The number of carbonyl (C=O) groups excluding carboxylic acids is 5. The summed E-state index contributed by atoms with van der Waals surface area (Å²) < 4.78 is 47.0. The molecule has 59 heavy (non-hydrogen) atoms. The molecule has 3 amide bonds. The number of ether oxygens (including phenoxy) is 3. The molecule has 0 saturated carbocycles. The van der Waals surface area contributed by atoms with Gasteiger partial charge in [0.15, 0.2) is 5.76 Å². The van der Waals surface area contributed by atoms with Crippen LogP contribution in [0.2, 0.25) is 0 Å². The van der Waals surface area contributed by atoms with Crippen molar-refractivity contribution in [2.24, 2.45) is 17.8 Å². The number of unbranched alkanes of at least 4 members (excludes halogenated alkanes) is 2. The molecular weight excluding hydrogens is 785 g/mol. The lowest BCUT2D eigenvalue weighted by Crippen LogP contribution is -2.48. The molecule has 2 aromatic carbocycles. The molecule has 0 saturated heterocycles. The van der Waals surface area contributed by atoms with E-state index in [1.807, 2.05) is 37.3 Å². The van der Waals surface area contributed by atoms with Crippen molar-refractivity contribution in [1.29, 1.82) is 0 Å². The first-order chi connectivity index (χ1) is 28.3. The molecular formula is C42H58N3O13P. The number of rotatable bonds is 27. The van der Waals surface area contributed by atoms with Gasteiger partial charge in [-0.05, 0) is 55.7 Å². The van der Waals surface area contributed by atoms with Crippen LogP contribution in [0.15, 0.2) is 65.1 Å². The van der Waals surface area contributed by atoms with Gasteiger partial charge < -0.3 is 29.3 Å². The molecule has 2 N–H and O–H groups in total. The van der Waals surface area contributed by atoms with E-state index in [0.29, 0.717) is 24.8 Å². The lowest BCUT2D eigenvalue weighted by atomic mass is 9.90. The average Bonchev–Trinajstić information content (AvgIpc) is 3.72. The summed E-state index contributed by atoms with van der Waals surface area (Å²) in [5.74, 6) is -3.43. The van der Waals surface area contributed by atoms with Crippen LogP contribution in [0.4, 0.5) is 0 Å². The minimum atomic E-state index is -4.36. The smallest absolute Gasteiger partial charge is 0.367 e. The predicted octanol–water partition coefficient (Wildman–Crippen LogP) is 6.88. The van der Waals surface area contributed by atoms with E-state index in [9.17, 15) is 28.5 Å². The van der Waals surface area contributed by atoms with Crippen molar-refractivity contribution < 1.29 is 61.1 Å². The molecule has 0 aliphatic heterocycles. The number of amides is 3. The van der Waals surface area contributed by atoms with E-state index in [-0.39, 0.29) is 48.4 Å². The summed E-state index contributed by atoms with van der Waals surface area (Å²) in [4.78, 5) is 69.0. The highest BCUT2D eigenvalue weighted by atomic mass is 31.2. The second-order valence-electron chi connectivity index (χ2n) is 14.1. The van der Waals surface area contributed by atoms with E-state index >= 15 is 0 Å². The molecule has 0 aliphatic carbocycles. The summed E-state index contributed by atoms with van der Waals surface area (Å²) in [6.07, 6.45) is 4.15. The Hall–Kier alpha value is -5.02. The minimum absolute atomic E-state index is 0.0396. The first-order valence-electron chi connectivity index (χ1n) is 19.8. The molecule has 0 aliphatic rings. The Labute approximate surface area is 346 Å². The quantitative estimate of drug-likeness (QED) is 0.0201. The van der Waals surface area contributed by atoms with Gasteiger partial charge in [0.1, 0.15) is 18.1 Å². The third-order valence-corrected chi connectivity index (χ3v) is 10.7. The maximum absolute atomic E-state index is 14.2. The molecule has 0 radical (unpaired) electrons. The van der Waals surface area contributed by atoms with Crippen LogP contribution >= 0.6 is 7.60 Å². The van der Waals surface area contributed by atoms with Gasteiger partial charge in [-0.25, -0.2) is 5.06 Å². The molecule has 2 atom stereocenters. The Bertz CT molecular complexity index is 1820. The SMILES string of the molecule is CCCCC[C@@H](C(=O)NCNC(=O)c1ccc(-c2cc(OCC)cc(P(=O)(OCOC(=O)C(C)C)OCOC(=O)C(C)C)c2)o1)[C@@H](CC)N(C=O)OCc1ccccc1. The minimum Gasteiger partial charge on any atom is -0.494 e. The second-order valence-corrected chi connectivity index (χ2v) is 16.1. The lowest BCUT2D eigenvalue weighted by molar-refractivity contribution is -0.200. The number of carbonyl (C=O) groups is 5. The Kier molecular flexibility index (Phi) is 20.3. The molecule has 1 heterocycles. The fraction of sp³-hybridized carbons (Fsp3) is 0.500. The van der Waals surface area contributed by atoms with Crippen molar-refractivity contribution in [1.82, 2.24) is 15.7 Å². The van der Waals surface area contributed by atoms with Crippen molar-refractivity contribution in [3.63, 3.8) is 0 Å². The van der Waals surface area contributed by atoms with Gasteiger partial charge in [0, 0.05) is 5.56 Å². The van der Waals surface area contributed by atoms with Gasteiger partial charge >= 0.3 is 19.5 Å². The first kappa shape index (κ1) is 48.3. The van der Waals surface area contributed by atoms with Crippen LogP contribution in [0, 0.1) is 17.8 Å². The van der Waals surface area contributed by atoms with E-state index in [0.717, 1.165) is 24.8 Å². The molecule has 1 aromatic heterocycles. The van der Waals surface area contributed by atoms with Crippen LogP contribution in [-0.2, 0) is 53.7 Å². The zero-order valence-electron chi connectivity index (χ0n) is 34.9. The number of esters is 2. The van der Waals surface area contributed by atoms with Gasteiger partial charge in [0.25, 0.3) is 5.91 Å². The summed E-state index contributed by atoms with van der Waals surface area (Å²) in [5.41, 5.74) is 1.19. The van der Waals surface area contributed by atoms with E-state index in [1.165, 1.54) is 29.3 Å². The number of benzene rings is 2. The largest absolute Gasteiger partial charge is 0.494 e. The predicted molar refractivity (Wildman–Crippen MR) is 218 cm³/mol. The number of furan rings is 1. The van der Waals surface area contributed by atoms with Crippen molar-refractivity contribution in [3.8, 4) is 17.1 Å². The van der Waals surface area contributed by atoms with E-state index in [4.69, 9.17) is 32.5 Å². The van der Waals surface area contributed by atoms with Gasteiger partial charge in [-0.2, -0.15) is 0 Å². The standard InChI is InChI=1S/C42H58N3O13P/c1-8-11-13-18-35(36(9-2)45(26-46)55-24-31-16-14-12-15-17-31)39(47)43-25-44-40(48)38-20-19-37(58-38)32-21-33(52-10-3)23-34(22-32)59(51,56-27-53-41(49)29(4)5)57-28-54-42(50)30(6)7/h12,14-17,19-23,26,29-30,35-36H,8-11,13,18,24-25,27-28H2,1-7H3,(H,43,47)(H,44,48)/t35-,36-/m1/s1. The van der Waals surface area contributed by atoms with Crippen molar-refractivity contribution in [3.05, 3.63) is 72.0 Å². The topological polar surface area (TPSA) is 198 Å². The molecule has 324 valence electrons. The highest BCUT2D eigenvalue weighted by molar-refractivity contribution is 7.62. The maximum atomic E-state index is 14.2. The zero-order valence-corrected chi connectivity index (χ0v) is 35.8. The molecule has 0 spiro atoms. The Morgan fingerprint density at radius 1 is 0.847 bits per heavy atom. The van der Waals surface area contributed by atoms with Gasteiger partial charge in [-0.3, -0.25) is 42.4 Å². The van der Waals surface area contributed by atoms with Crippen LogP contribution in [0.3, 0.4) is 0 Å². The monoisotopic (exact) mass is 843 g/mol. The highest BCUT2D eigenvalue weighted by Gasteiger charge is 2.33. The molecule has 17 heteroatoms. The van der Waals surface area contributed by atoms with E-state index in [2.05, 4.69) is 17.6 Å². The molecule has 16 nitrogen and oxygen atoms in total. The molecule has 0 bridgehead atoms. The lowest BCUT2D eigenvalue weighted by Gasteiger charge is -2.32. The fourth-order valence-electron chi connectivity index (χ4n) is 5.69. The summed E-state index contributed by atoms with van der Waals surface area (Å²) in [5, 5.41) is 6.58. The van der Waals surface area contributed by atoms with Crippen LogP contribution in [0.25, 0.3) is 11.3 Å². The van der Waals surface area contributed by atoms with E-state index < -0.39 is 62.8 Å². The second kappa shape index (κ2) is 24.8. The third kappa shape index (κ3) is 15.3. The summed E-state index contributed by atoms with van der Waals surface area (Å²) in [6, 6.07) is 16.2. The van der Waals surface area contributed by atoms with Crippen molar-refractivity contribution in [2.75, 3.05) is 26.9 Å². The average molecular weight is 844 g/mol. The van der Waals surface area contributed by atoms with Gasteiger partial charge in [-0.15, -0.1) is 0 Å². The Balaban J connectivity index is 1.77. The number of hydrogen-bond donors (Lipinski definition) is 2. The van der Waals surface area contributed by atoms with E-state index in [1.54, 1.807) is 40.7 Å². The molecule has 0 unspecified atom stereocenters.